The Bertz CT molecular complexity index is 556. The van der Waals surface area contributed by atoms with Crippen molar-refractivity contribution in [2.75, 3.05) is 4.72 Å². The molecular formula is C12H12NNaO2S. The van der Waals surface area contributed by atoms with Crippen molar-refractivity contribution < 1.29 is 8.42 Å². The monoisotopic (exact) mass is 257 g/mol. The minimum atomic E-state index is -3.46. The number of anilines is 1. The Labute approximate surface area is 123 Å². The molecule has 0 bridgehead atoms. The Hall–Kier alpha value is -0.810. The minimum absolute atomic E-state index is 0. The van der Waals surface area contributed by atoms with Crippen LogP contribution in [0.4, 0.5) is 5.69 Å². The Morgan fingerprint density at radius 3 is 1.76 bits per heavy atom. The van der Waals surface area contributed by atoms with E-state index in [4.69, 9.17) is 0 Å². The maximum atomic E-state index is 11.9. The Morgan fingerprint density at radius 1 is 0.765 bits per heavy atom. The molecule has 2 aromatic rings. The van der Waals surface area contributed by atoms with E-state index in [9.17, 15) is 8.42 Å². The van der Waals surface area contributed by atoms with Crippen LogP contribution in [0.5, 0.6) is 0 Å². The summed E-state index contributed by atoms with van der Waals surface area (Å²) >= 11 is 0. The molecule has 0 aliphatic carbocycles. The zero-order valence-electron chi connectivity index (χ0n) is 8.50. The van der Waals surface area contributed by atoms with Crippen LogP contribution in [0.25, 0.3) is 0 Å². The van der Waals surface area contributed by atoms with Gasteiger partial charge in [-0.25, -0.2) is 8.42 Å². The number of hydrogen-bond acceptors (Lipinski definition) is 2. The summed E-state index contributed by atoms with van der Waals surface area (Å²) in [5.74, 6) is 0. The predicted molar refractivity (Wildman–Crippen MR) is 70.8 cm³/mol. The third kappa shape index (κ3) is 3.85. The third-order valence-electron chi connectivity index (χ3n) is 2.08. The second-order valence-corrected chi connectivity index (χ2v) is 4.97. The van der Waals surface area contributed by atoms with Gasteiger partial charge in [-0.2, -0.15) is 0 Å². The normalized spacial score (nSPS) is 10.4. The predicted octanol–water partition coefficient (Wildman–Crippen LogP) is 1.84. The molecule has 0 fully saturated rings. The Kier molecular flexibility index (Phi) is 5.21. The van der Waals surface area contributed by atoms with Crippen molar-refractivity contribution in [2.45, 2.75) is 4.90 Å². The van der Waals surface area contributed by atoms with Gasteiger partial charge in [-0.3, -0.25) is 4.72 Å². The molecule has 0 saturated carbocycles. The molecule has 0 aliphatic heterocycles. The first-order chi connectivity index (χ1) is 7.68. The van der Waals surface area contributed by atoms with Crippen molar-refractivity contribution in [2.24, 2.45) is 0 Å². The topological polar surface area (TPSA) is 46.2 Å². The molecule has 84 valence electrons. The van der Waals surface area contributed by atoms with Crippen molar-refractivity contribution in [3.05, 3.63) is 60.7 Å². The Balaban J connectivity index is 0.00000144. The third-order valence-corrected chi connectivity index (χ3v) is 3.48. The van der Waals surface area contributed by atoms with E-state index < -0.39 is 10.0 Å². The second kappa shape index (κ2) is 6.21. The summed E-state index contributed by atoms with van der Waals surface area (Å²) in [7, 11) is -3.46. The molecule has 0 unspecified atom stereocenters. The molecule has 2 aromatic carbocycles. The summed E-state index contributed by atoms with van der Waals surface area (Å²) in [6, 6.07) is 17.1. The van der Waals surface area contributed by atoms with E-state index in [1.807, 2.05) is 6.07 Å². The van der Waals surface area contributed by atoms with Crippen molar-refractivity contribution in [1.29, 1.82) is 0 Å². The summed E-state index contributed by atoms with van der Waals surface area (Å²) in [5, 5.41) is 0. The van der Waals surface area contributed by atoms with Gasteiger partial charge in [-0.1, -0.05) is 36.4 Å². The van der Waals surface area contributed by atoms with Gasteiger partial charge in [0.1, 0.15) is 0 Å². The Morgan fingerprint density at radius 2 is 1.24 bits per heavy atom. The first kappa shape index (κ1) is 14.3. The molecule has 0 amide bonds. The first-order valence-electron chi connectivity index (χ1n) is 4.81. The van der Waals surface area contributed by atoms with Crippen molar-refractivity contribution >= 4 is 45.3 Å². The van der Waals surface area contributed by atoms with E-state index in [0.29, 0.717) is 5.69 Å². The molecule has 17 heavy (non-hydrogen) atoms. The molecule has 0 saturated heterocycles. The zero-order chi connectivity index (χ0) is 11.4. The summed E-state index contributed by atoms with van der Waals surface area (Å²) in [6.45, 7) is 0. The summed E-state index contributed by atoms with van der Waals surface area (Å²) in [5.41, 5.74) is 0.561. The fourth-order valence-corrected chi connectivity index (χ4v) is 2.40. The molecule has 0 aromatic heterocycles. The average molecular weight is 257 g/mol. The number of benzene rings is 2. The molecule has 0 radical (unpaired) electrons. The molecule has 1 N–H and O–H groups in total. The van der Waals surface area contributed by atoms with Crippen LogP contribution in [0.3, 0.4) is 0 Å². The van der Waals surface area contributed by atoms with E-state index in [1.54, 1.807) is 54.6 Å². The number of sulfonamides is 1. The van der Waals surface area contributed by atoms with Crippen LogP contribution in [0.2, 0.25) is 0 Å². The van der Waals surface area contributed by atoms with Gasteiger partial charge in [0.05, 0.1) is 4.90 Å². The number of hydrogen-bond donors (Lipinski definition) is 1. The standard InChI is InChI=1S/C12H11NO2S.Na.H/c14-16(15,12-9-5-2-6-10-12)13-11-7-3-1-4-8-11;;/h1-10,13H;;. The molecular weight excluding hydrogens is 245 g/mol. The van der Waals surface area contributed by atoms with Crippen LogP contribution in [0.15, 0.2) is 65.6 Å². The summed E-state index contributed by atoms with van der Waals surface area (Å²) in [6.07, 6.45) is 0. The quantitative estimate of drug-likeness (QED) is 0.853. The van der Waals surface area contributed by atoms with Crippen LogP contribution in [0.1, 0.15) is 0 Å². The molecule has 0 atom stereocenters. The van der Waals surface area contributed by atoms with E-state index in [0.717, 1.165) is 0 Å². The molecule has 0 spiro atoms. The average Bonchev–Trinajstić information content (AvgIpc) is 2.31. The van der Waals surface area contributed by atoms with Crippen molar-refractivity contribution in [1.82, 2.24) is 0 Å². The van der Waals surface area contributed by atoms with Gasteiger partial charge >= 0.3 is 29.6 Å². The SMILES string of the molecule is O=S(=O)(Nc1ccccc1)c1ccccc1.[NaH]. The summed E-state index contributed by atoms with van der Waals surface area (Å²) in [4.78, 5) is 0.263. The molecule has 0 aliphatic rings. The number of nitrogens with one attached hydrogen (secondary N) is 1. The van der Waals surface area contributed by atoms with E-state index in [1.165, 1.54) is 0 Å². The van der Waals surface area contributed by atoms with Crippen LogP contribution in [0, 0.1) is 0 Å². The van der Waals surface area contributed by atoms with E-state index >= 15 is 0 Å². The molecule has 3 nitrogen and oxygen atoms in total. The van der Waals surface area contributed by atoms with Gasteiger partial charge in [0.2, 0.25) is 0 Å². The maximum absolute atomic E-state index is 11.9. The fraction of sp³-hybridized carbons (Fsp3) is 0. The zero-order valence-corrected chi connectivity index (χ0v) is 9.31. The fourth-order valence-electron chi connectivity index (χ4n) is 1.32. The van der Waals surface area contributed by atoms with Gasteiger partial charge in [0, 0.05) is 5.69 Å². The summed E-state index contributed by atoms with van der Waals surface area (Å²) < 4.78 is 26.3. The van der Waals surface area contributed by atoms with Gasteiger partial charge in [0.25, 0.3) is 10.0 Å². The van der Waals surface area contributed by atoms with Crippen LogP contribution in [-0.2, 0) is 10.0 Å². The second-order valence-electron chi connectivity index (χ2n) is 3.28. The number of para-hydroxylation sites is 1. The van der Waals surface area contributed by atoms with Gasteiger partial charge in [0.15, 0.2) is 0 Å². The molecule has 5 heteroatoms. The van der Waals surface area contributed by atoms with Crippen molar-refractivity contribution in [3.8, 4) is 0 Å². The van der Waals surface area contributed by atoms with Gasteiger partial charge < -0.3 is 0 Å². The molecule has 2 rings (SSSR count). The van der Waals surface area contributed by atoms with Crippen LogP contribution in [-0.4, -0.2) is 38.0 Å². The van der Waals surface area contributed by atoms with Gasteiger partial charge in [-0.15, -0.1) is 0 Å². The van der Waals surface area contributed by atoms with E-state index in [2.05, 4.69) is 4.72 Å². The molecule has 0 heterocycles. The van der Waals surface area contributed by atoms with E-state index in [-0.39, 0.29) is 34.5 Å². The number of rotatable bonds is 3. The van der Waals surface area contributed by atoms with Crippen LogP contribution >= 0.6 is 0 Å². The first-order valence-corrected chi connectivity index (χ1v) is 6.30. The van der Waals surface area contributed by atoms with Gasteiger partial charge in [-0.05, 0) is 24.3 Å². The van der Waals surface area contributed by atoms with Crippen LogP contribution < -0.4 is 4.72 Å². The van der Waals surface area contributed by atoms with Crippen molar-refractivity contribution in [3.63, 3.8) is 0 Å².